The number of aryl methyl sites for hydroxylation is 1. The number of nitriles is 1. The second-order valence-electron chi connectivity index (χ2n) is 5.97. The molecule has 0 spiro atoms. The van der Waals surface area contributed by atoms with Gasteiger partial charge in [-0.05, 0) is 38.5 Å². The Labute approximate surface area is 141 Å². The first-order valence-corrected chi connectivity index (χ1v) is 7.82. The Morgan fingerprint density at radius 1 is 1.46 bits per heavy atom. The van der Waals surface area contributed by atoms with Crippen molar-refractivity contribution in [2.45, 2.75) is 46.9 Å². The van der Waals surface area contributed by atoms with E-state index in [1.165, 1.54) is 6.92 Å². The van der Waals surface area contributed by atoms with Gasteiger partial charge < -0.3 is 10.0 Å². The van der Waals surface area contributed by atoms with Crippen molar-refractivity contribution in [2.24, 2.45) is 0 Å². The first kappa shape index (κ1) is 17.7. The van der Waals surface area contributed by atoms with Crippen LogP contribution in [0, 0.1) is 25.2 Å². The molecule has 0 radical (unpaired) electrons. The molecule has 1 heterocycles. The van der Waals surface area contributed by atoms with Gasteiger partial charge in [0.1, 0.15) is 0 Å². The van der Waals surface area contributed by atoms with Gasteiger partial charge in [0, 0.05) is 6.92 Å². The number of carbonyl (C=O) groups is 1. The molecule has 6 heteroatoms. The summed E-state index contributed by atoms with van der Waals surface area (Å²) in [6, 6.07) is 9.32. The second kappa shape index (κ2) is 7.28. The van der Waals surface area contributed by atoms with Crippen molar-refractivity contribution < 1.29 is 9.90 Å². The molecule has 2 aromatic rings. The Morgan fingerprint density at radius 3 is 2.75 bits per heavy atom. The van der Waals surface area contributed by atoms with Crippen LogP contribution in [0.1, 0.15) is 36.4 Å². The van der Waals surface area contributed by atoms with E-state index in [4.69, 9.17) is 5.26 Å². The van der Waals surface area contributed by atoms with Gasteiger partial charge in [0.15, 0.2) is 0 Å². The lowest BCUT2D eigenvalue weighted by Gasteiger charge is -2.22. The molecule has 0 aliphatic rings. The Morgan fingerprint density at radius 2 is 2.17 bits per heavy atom. The van der Waals surface area contributed by atoms with E-state index in [9.17, 15) is 9.90 Å². The van der Waals surface area contributed by atoms with Crippen LogP contribution >= 0.6 is 0 Å². The largest absolute Gasteiger partial charge is 0.391 e. The van der Waals surface area contributed by atoms with Gasteiger partial charge in [-0.1, -0.05) is 12.1 Å². The highest BCUT2D eigenvalue weighted by Gasteiger charge is 2.22. The molecule has 126 valence electrons. The van der Waals surface area contributed by atoms with Crippen molar-refractivity contribution in [3.63, 3.8) is 0 Å². The predicted octanol–water partition coefficient (Wildman–Crippen LogP) is 2.31. The summed E-state index contributed by atoms with van der Waals surface area (Å²) in [5.74, 6) is -0.0971. The maximum absolute atomic E-state index is 12.2. The van der Waals surface area contributed by atoms with Gasteiger partial charge in [-0.25, -0.2) is 0 Å². The average Bonchev–Trinajstić information content (AvgIpc) is 2.78. The molecule has 1 amide bonds. The molecule has 24 heavy (non-hydrogen) atoms. The van der Waals surface area contributed by atoms with E-state index in [0.29, 0.717) is 18.7 Å². The number of carbonyl (C=O) groups excluding carboxylic acids is 1. The Hall–Kier alpha value is -2.65. The third kappa shape index (κ3) is 3.81. The minimum absolute atomic E-state index is 0.0971. The van der Waals surface area contributed by atoms with Crippen LogP contribution in [0.4, 0.5) is 5.69 Å². The molecule has 0 fully saturated rings. The van der Waals surface area contributed by atoms with E-state index in [0.717, 1.165) is 22.6 Å². The summed E-state index contributed by atoms with van der Waals surface area (Å²) >= 11 is 0. The number of amides is 1. The minimum Gasteiger partial charge on any atom is -0.391 e. The van der Waals surface area contributed by atoms with Crippen molar-refractivity contribution in [3.05, 3.63) is 46.8 Å². The quantitative estimate of drug-likeness (QED) is 0.914. The van der Waals surface area contributed by atoms with Crippen LogP contribution in [0.25, 0.3) is 0 Å². The third-order valence-electron chi connectivity index (χ3n) is 3.83. The molecule has 2 rings (SSSR count). The van der Waals surface area contributed by atoms with Gasteiger partial charge in [-0.2, -0.15) is 10.4 Å². The zero-order valence-electron chi connectivity index (χ0n) is 14.4. The summed E-state index contributed by atoms with van der Waals surface area (Å²) in [7, 11) is 0. The molecular weight excluding hydrogens is 304 g/mol. The van der Waals surface area contributed by atoms with Gasteiger partial charge in [0.25, 0.3) is 0 Å². The van der Waals surface area contributed by atoms with Crippen LogP contribution in [0.5, 0.6) is 0 Å². The summed E-state index contributed by atoms with van der Waals surface area (Å²) < 4.78 is 1.72. The number of hydrogen-bond donors (Lipinski definition) is 1. The molecule has 1 unspecified atom stereocenters. The monoisotopic (exact) mass is 326 g/mol. The fourth-order valence-electron chi connectivity index (χ4n) is 2.78. The zero-order valence-corrected chi connectivity index (χ0v) is 14.4. The SMILES string of the molecule is CC(=O)N(Cc1cccc(C#N)c1)c1c(C)nn(CC(C)O)c1C. The number of anilines is 1. The van der Waals surface area contributed by atoms with Crippen LogP contribution in [0.15, 0.2) is 24.3 Å². The van der Waals surface area contributed by atoms with Crippen LogP contribution in [0.3, 0.4) is 0 Å². The molecule has 0 saturated heterocycles. The van der Waals surface area contributed by atoms with Crippen LogP contribution in [0.2, 0.25) is 0 Å². The second-order valence-corrected chi connectivity index (χ2v) is 5.97. The van der Waals surface area contributed by atoms with Gasteiger partial charge in [0.05, 0.1) is 47.9 Å². The molecule has 0 bridgehead atoms. The van der Waals surface area contributed by atoms with Crippen LogP contribution < -0.4 is 4.90 Å². The lowest BCUT2D eigenvalue weighted by atomic mass is 10.1. The molecule has 1 aromatic heterocycles. The van der Waals surface area contributed by atoms with Crippen LogP contribution in [-0.2, 0) is 17.9 Å². The molecule has 1 aromatic carbocycles. The lowest BCUT2D eigenvalue weighted by molar-refractivity contribution is -0.116. The zero-order chi connectivity index (χ0) is 17.9. The van der Waals surface area contributed by atoms with Crippen molar-refractivity contribution in [3.8, 4) is 6.07 Å². The minimum atomic E-state index is -0.520. The predicted molar refractivity (Wildman–Crippen MR) is 91.4 cm³/mol. The highest BCUT2D eigenvalue weighted by Crippen LogP contribution is 2.26. The molecular formula is C18H22N4O2. The maximum Gasteiger partial charge on any atom is 0.224 e. The van der Waals surface area contributed by atoms with Crippen molar-refractivity contribution in [1.82, 2.24) is 9.78 Å². The number of rotatable bonds is 5. The van der Waals surface area contributed by atoms with Gasteiger partial charge in [-0.15, -0.1) is 0 Å². The first-order valence-electron chi connectivity index (χ1n) is 7.82. The van der Waals surface area contributed by atoms with E-state index in [1.807, 2.05) is 26.0 Å². The van der Waals surface area contributed by atoms with E-state index in [2.05, 4.69) is 11.2 Å². The average molecular weight is 326 g/mol. The number of aliphatic hydroxyl groups is 1. The Kier molecular flexibility index (Phi) is 5.37. The smallest absolute Gasteiger partial charge is 0.224 e. The van der Waals surface area contributed by atoms with Crippen molar-refractivity contribution in [1.29, 1.82) is 5.26 Å². The van der Waals surface area contributed by atoms with E-state index in [-0.39, 0.29) is 5.91 Å². The molecule has 1 N–H and O–H groups in total. The number of benzene rings is 1. The summed E-state index contributed by atoms with van der Waals surface area (Å²) in [6.45, 7) is 7.70. The fraction of sp³-hybridized carbons (Fsp3) is 0.389. The van der Waals surface area contributed by atoms with Crippen molar-refractivity contribution >= 4 is 11.6 Å². The summed E-state index contributed by atoms with van der Waals surface area (Å²) in [5, 5.41) is 23.1. The Bertz CT molecular complexity index is 787. The number of nitrogens with zero attached hydrogens (tertiary/aromatic N) is 4. The molecule has 0 saturated carbocycles. The molecule has 0 aliphatic heterocycles. The number of aromatic nitrogens is 2. The summed E-state index contributed by atoms with van der Waals surface area (Å²) in [5.41, 5.74) is 3.77. The third-order valence-corrected chi connectivity index (χ3v) is 3.83. The highest BCUT2D eigenvalue weighted by atomic mass is 16.3. The summed E-state index contributed by atoms with van der Waals surface area (Å²) in [6.07, 6.45) is -0.520. The van der Waals surface area contributed by atoms with Gasteiger partial charge in [0.2, 0.25) is 5.91 Å². The lowest BCUT2D eigenvalue weighted by Crippen LogP contribution is -2.29. The molecule has 0 aliphatic carbocycles. The maximum atomic E-state index is 12.2. The number of aliphatic hydroxyl groups excluding tert-OH is 1. The van der Waals surface area contributed by atoms with E-state index in [1.54, 1.807) is 28.6 Å². The topological polar surface area (TPSA) is 82.2 Å². The van der Waals surface area contributed by atoms with Gasteiger partial charge >= 0.3 is 0 Å². The molecule has 6 nitrogen and oxygen atoms in total. The summed E-state index contributed by atoms with van der Waals surface area (Å²) in [4.78, 5) is 13.9. The first-order chi connectivity index (χ1) is 11.3. The Balaban J connectivity index is 2.39. The van der Waals surface area contributed by atoms with E-state index >= 15 is 0 Å². The normalized spacial score (nSPS) is 11.8. The fourth-order valence-corrected chi connectivity index (χ4v) is 2.78. The standard InChI is InChI=1S/C18H22N4O2/c1-12(23)10-22-14(3)18(13(2)20-22)21(15(4)24)11-17-7-5-6-16(8-17)9-19/h5-8,12,23H,10-11H2,1-4H3. The van der Waals surface area contributed by atoms with E-state index < -0.39 is 6.10 Å². The highest BCUT2D eigenvalue weighted by molar-refractivity contribution is 5.92. The van der Waals surface area contributed by atoms with Crippen LogP contribution in [-0.4, -0.2) is 26.9 Å². The van der Waals surface area contributed by atoms with Gasteiger partial charge in [-0.3, -0.25) is 9.48 Å². The van der Waals surface area contributed by atoms with Crippen molar-refractivity contribution in [2.75, 3.05) is 4.90 Å². The molecule has 1 atom stereocenters. The number of hydrogen-bond acceptors (Lipinski definition) is 4.